The number of fused-ring (bicyclic) bond motifs is 1. The minimum Gasteiger partial charge on any atom is -0.394 e. The summed E-state index contributed by atoms with van der Waals surface area (Å²) in [6.45, 7) is 1.13. The molecule has 2 aliphatic rings. The van der Waals surface area contributed by atoms with Crippen LogP contribution in [0.4, 0.5) is 5.95 Å². The second kappa shape index (κ2) is 5.81. The molecule has 4 atom stereocenters. The minimum atomic E-state index is -1.26. The molecule has 4 heterocycles. The van der Waals surface area contributed by atoms with Crippen molar-refractivity contribution < 1.29 is 20.1 Å². The molecule has 0 bridgehead atoms. The van der Waals surface area contributed by atoms with Crippen LogP contribution in [0.15, 0.2) is 11.1 Å². The van der Waals surface area contributed by atoms with Crippen LogP contribution >= 0.6 is 0 Å². The SMILES string of the molecule is O=c1[nH]cnc2c1nc(N1CCCC1)n2[C@@H]1O[C@H](CO)[C@@H](O)[C@H]1O. The predicted octanol–water partition coefficient (Wildman–Crippen LogP) is -1.67. The van der Waals surface area contributed by atoms with Gasteiger partial charge < -0.3 is 29.9 Å². The van der Waals surface area contributed by atoms with E-state index in [1.807, 2.05) is 4.90 Å². The molecule has 130 valence electrons. The van der Waals surface area contributed by atoms with Crippen LogP contribution in [-0.2, 0) is 4.74 Å². The fraction of sp³-hybridized carbons (Fsp3) is 0.643. The first-order chi connectivity index (χ1) is 11.6. The first-order valence-corrected chi connectivity index (χ1v) is 7.95. The third-order valence-electron chi connectivity index (χ3n) is 4.63. The molecule has 2 aliphatic heterocycles. The van der Waals surface area contributed by atoms with Crippen molar-refractivity contribution in [3.63, 3.8) is 0 Å². The molecule has 0 aliphatic carbocycles. The second-order valence-corrected chi connectivity index (χ2v) is 6.11. The van der Waals surface area contributed by atoms with E-state index < -0.39 is 31.1 Å². The van der Waals surface area contributed by atoms with Crippen molar-refractivity contribution in [2.75, 3.05) is 24.6 Å². The Bertz CT molecular complexity index is 798. The van der Waals surface area contributed by atoms with Gasteiger partial charge in [-0.2, -0.15) is 0 Å². The van der Waals surface area contributed by atoms with Crippen molar-refractivity contribution in [3.8, 4) is 0 Å². The monoisotopic (exact) mass is 337 g/mol. The van der Waals surface area contributed by atoms with E-state index in [9.17, 15) is 20.1 Å². The number of aromatic nitrogens is 4. The van der Waals surface area contributed by atoms with Gasteiger partial charge >= 0.3 is 0 Å². The second-order valence-electron chi connectivity index (χ2n) is 6.11. The Morgan fingerprint density at radius 1 is 1.29 bits per heavy atom. The average Bonchev–Trinajstić information content (AvgIpc) is 3.27. The van der Waals surface area contributed by atoms with Gasteiger partial charge in [0.1, 0.15) is 18.3 Å². The number of nitrogens with zero attached hydrogens (tertiary/aromatic N) is 4. The van der Waals surface area contributed by atoms with Crippen LogP contribution in [0.2, 0.25) is 0 Å². The molecule has 24 heavy (non-hydrogen) atoms. The average molecular weight is 337 g/mol. The van der Waals surface area contributed by atoms with Crippen LogP contribution in [-0.4, -0.2) is 72.8 Å². The number of aliphatic hydroxyl groups is 3. The quantitative estimate of drug-likeness (QED) is 0.522. The summed E-state index contributed by atoms with van der Waals surface area (Å²) < 4.78 is 7.16. The fourth-order valence-electron chi connectivity index (χ4n) is 3.38. The van der Waals surface area contributed by atoms with Gasteiger partial charge in [-0.05, 0) is 12.8 Å². The zero-order valence-electron chi connectivity index (χ0n) is 12.9. The molecule has 4 N–H and O–H groups in total. The highest BCUT2D eigenvalue weighted by atomic mass is 16.6. The normalized spacial score (nSPS) is 30.5. The predicted molar refractivity (Wildman–Crippen MR) is 82.6 cm³/mol. The molecular formula is C14H19N5O5. The molecule has 0 amide bonds. The van der Waals surface area contributed by atoms with Crippen LogP contribution in [0.3, 0.4) is 0 Å². The molecule has 0 aromatic carbocycles. The highest BCUT2D eigenvalue weighted by Gasteiger charge is 2.45. The molecule has 10 nitrogen and oxygen atoms in total. The topological polar surface area (TPSA) is 137 Å². The Balaban J connectivity index is 1.88. The summed E-state index contributed by atoms with van der Waals surface area (Å²) >= 11 is 0. The van der Waals surface area contributed by atoms with Gasteiger partial charge in [-0.3, -0.25) is 9.36 Å². The Morgan fingerprint density at radius 3 is 2.71 bits per heavy atom. The fourth-order valence-corrected chi connectivity index (χ4v) is 3.38. The zero-order chi connectivity index (χ0) is 16.8. The number of hydrogen-bond acceptors (Lipinski definition) is 8. The lowest BCUT2D eigenvalue weighted by atomic mass is 10.1. The third kappa shape index (κ3) is 2.22. The molecule has 10 heteroatoms. The summed E-state index contributed by atoms with van der Waals surface area (Å²) in [5.41, 5.74) is 0.0403. The number of H-pyrrole nitrogens is 1. The number of aliphatic hydroxyl groups excluding tert-OH is 3. The minimum absolute atomic E-state index is 0.150. The standard InChI is InChI=1S/C14H19N5O5/c20-5-7-9(21)10(22)13(24-7)19-11-8(12(23)16-6-15-11)17-14(19)18-3-1-2-4-18/h6-7,9-10,13,20-22H,1-5H2,(H,15,16,23)/t7-,9-,10-,13-/m1/s1. The van der Waals surface area contributed by atoms with Crippen LogP contribution < -0.4 is 10.5 Å². The Kier molecular flexibility index (Phi) is 3.76. The van der Waals surface area contributed by atoms with Crippen LogP contribution in [0.1, 0.15) is 19.1 Å². The summed E-state index contributed by atoms with van der Waals surface area (Å²) in [7, 11) is 0. The first-order valence-electron chi connectivity index (χ1n) is 7.95. The molecule has 0 unspecified atom stereocenters. The van der Waals surface area contributed by atoms with Crippen molar-refractivity contribution in [1.29, 1.82) is 0 Å². The number of anilines is 1. The Morgan fingerprint density at radius 2 is 2.04 bits per heavy atom. The summed E-state index contributed by atoms with van der Waals surface area (Å²) in [6, 6.07) is 0. The largest absolute Gasteiger partial charge is 0.394 e. The molecule has 2 saturated heterocycles. The maximum Gasteiger partial charge on any atom is 0.278 e. The highest BCUT2D eigenvalue weighted by molar-refractivity contribution is 5.74. The number of imidazole rings is 1. The van der Waals surface area contributed by atoms with E-state index in [0.29, 0.717) is 5.95 Å². The molecular weight excluding hydrogens is 318 g/mol. The Hall–Kier alpha value is -2.01. The van der Waals surface area contributed by atoms with E-state index in [1.54, 1.807) is 4.57 Å². The lowest BCUT2D eigenvalue weighted by Crippen LogP contribution is -2.34. The summed E-state index contributed by atoms with van der Waals surface area (Å²) in [4.78, 5) is 25.1. The van der Waals surface area contributed by atoms with E-state index in [2.05, 4.69) is 15.0 Å². The first kappa shape index (κ1) is 15.5. The molecule has 0 saturated carbocycles. The van der Waals surface area contributed by atoms with Crippen molar-refractivity contribution >= 4 is 17.1 Å². The van der Waals surface area contributed by atoms with Crippen LogP contribution in [0, 0.1) is 0 Å². The van der Waals surface area contributed by atoms with Gasteiger partial charge in [0.05, 0.1) is 12.9 Å². The van der Waals surface area contributed by atoms with Gasteiger partial charge in [-0.25, -0.2) is 9.97 Å². The summed E-state index contributed by atoms with van der Waals surface area (Å²) in [5, 5.41) is 29.7. The number of hydrogen-bond donors (Lipinski definition) is 4. The van der Waals surface area contributed by atoms with Gasteiger partial charge in [0, 0.05) is 13.1 Å². The van der Waals surface area contributed by atoms with E-state index in [1.165, 1.54) is 6.33 Å². The van der Waals surface area contributed by atoms with E-state index in [0.717, 1.165) is 25.9 Å². The molecule has 4 rings (SSSR count). The third-order valence-corrected chi connectivity index (χ3v) is 4.63. The molecule has 0 spiro atoms. The van der Waals surface area contributed by atoms with E-state index in [-0.39, 0.29) is 16.7 Å². The zero-order valence-corrected chi connectivity index (χ0v) is 12.9. The summed E-state index contributed by atoms with van der Waals surface area (Å²) in [6.07, 6.45) is -1.11. The molecule has 2 aromatic rings. The van der Waals surface area contributed by atoms with Crippen molar-refractivity contribution in [2.45, 2.75) is 37.4 Å². The maximum atomic E-state index is 12.1. The smallest absolute Gasteiger partial charge is 0.278 e. The van der Waals surface area contributed by atoms with Gasteiger partial charge in [-0.15, -0.1) is 0 Å². The number of ether oxygens (including phenoxy) is 1. The lowest BCUT2D eigenvalue weighted by molar-refractivity contribution is -0.0504. The van der Waals surface area contributed by atoms with Gasteiger partial charge in [-0.1, -0.05) is 0 Å². The highest BCUT2D eigenvalue weighted by Crippen LogP contribution is 2.35. The van der Waals surface area contributed by atoms with Crippen molar-refractivity contribution in [1.82, 2.24) is 19.5 Å². The molecule has 2 fully saturated rings. The Labute approximate surface area is 136 Å². The van der Waals surface area contributed by atoms with Gasteiger partial charge in [0.2, 0.25) is 5.95 Å². The van der Waals surface area contributed by atoms with Crippen molar-refractivity contribution in [3.05, 3.63) is 16.7 Å². The molecule has 2 aromatic heterocycles. The van der Waals surface area contributed by atoms with E-state index in [4.69, 9.17) is 4.74 Å². The number of aromatic amines is 1. The molecule has 0 radical (unpaired) electrons. The maximum absolute atomic E-state index is 12.1. The van der Waals surface area contributed by atoms with Crippen LogP contribution in [0.5, 0.6) is 0 Å². The van der Waals surface area contributed by atoms with Crippen molar-refractivity contribution in [2.24, 2.45) is 0 Å². The lowest BCUT2D eigenvalue weighted by Gasteiger charge is -2.23. The van der Waals surface area contributed by atoms with Gasteiger partial charge in [0.25, 0.3) is 5.56 Å². The van der Waals surface area contributed by atoms with Gasteiger partial charge in [0.15, 0.2) is 17.4 Å². The van der Waals surface area contributed by atoms with E-state index >= 15 is 0 Å². The number of rotatable bonds is 3. The van der Waals surface area contributed by atoms with Crippen LogP contribution in [0.25, 0.3) is 11.2 Å². The number of nitrogens with one attached hydrogen (secondary N) is 1. The summed E-state index contributed by atoms with van der Waals surface area (Å²) in [5.74, 6) is 0.474.